The Hall–Kier alpha value is -3.20. The lowest BCUT2D eigenvalue weighted by Gasteiger charge is -2.20. The van der Waals surface area contributed by atoms with Gasteiger partial charge in [0.15, 0.2) is 15.6 Å². The number of rotatable bonds is 6. The number of aromatic hydroxyl groups is 1. The molecule has 2 N–H and O–H groups in total. The van der Waals surface area contributed by atoms with E-state index >= 15 is 0 Å². The summed E-state index contributed by atoms with van der Waals surface area (Å²) in [5, 5.41) is 18.3. The highest BCUT2D eigenvalue weighted by Crippen LogP contribution is 2.29. The molecule has 152 valence electrons. The van der Waals surface area contributed by atoms with Gasteiger partial charge >= 0.3 is 0 Å². The first-order valence-corrected chi connectivity index (χ1v) is 10.7. The summed E-state index contributed by atoms with van der Waals surface area (Å²) in [4.78, 5) is 24.7. The first-order chi connectivity index (χ1) is 13.7. The minimum absolute atomic E-state index is 0.00557. The van der Waals surface area contributed by atoms with Gasteiger partial charge in [-0.25, -0.2) is 8.42 Å². The number of nitrogens with one attached hydrogen (secondary N) is 1. The molecular formula is C20H21N3O5S. The second-order valence-corrected chi connectivity index (χ2v) is 8.87. The molecule has 0 spiro atoms. The van der Waals surface area contributed by atoms with Crippen molar-refractivity contribution in [1.82, 2.24) is 0 Å². The van der Waals surface area contributed by atoms with Crippen molar-refractivity contribution in [1.29, 1.82) is 0 Å². The fourth-order valence-electron chi connectivity index (χ4n) is 2.95. The van der Waals surface area contributed by atoms with E-state index in [2.05, 4.69) is 10.4 Å². The normalized spacial score (nSPS) is 16.4. The van der Waals surface area contributed by atoms with Crippen molar-refractivity contribution in [2.45, 2.75) is 31.2 Å². The van der Waals surface area contributed by atoms with Gasteiger partial charge in [0, 0.05) is 6.42 Å². The Morgan fingerprint density at radius 1 is 1.21 bits per heavy atom. The molecular weight excluding hydrogens is 394 g/mol. The number of para-hydroxylation sites is 1. The number of carbonyl (C=O) groups is 2. The van der Waals surface area contributed by atoms with E-state index in [1.807, 2.05) is 6.07 Å². The van der Waals surface area contributed by atoms with E-state index in [4.69, 9.17) is 0 Å². The molecule has 1 heterocycles. The second kappa shape index (κ2) is 8.04. The number of nitrogens with zero attached hydrogens (tertiary/aromatic N) is 2. The van der Waals surface area contributed by atoms with Crippen LogP contribution in [0.5, 0.6) is 5.75 Å². The molecule has 1 atom stereocenters. The smallest absolute Gasteiger partial charge is 0.272 e. The molecule has 0 fully saturated rings. The van der Waals surface area contributed by atoms with Crippen LogP contribution >= 0.6 is 0 Å². The molecule has 1 aliphatic heterocycles. The molecule has 0 aromatic heterocycles. The maximum Gasteiger partial charge on any atom is 0.272 e. The summed E-state index contributed by atoms with van der Waals surface area (Å²) >= 11 is 0. The van der Waals surface area contributed by atoms with Crippen molar-refractivity contribution in [3.05, 3.63) is 48.5 Å². The summed E-state index contributed by atoms with van der Waals surface area (Å²) in [5.74, 6) is -1.13. The zero-order valence-corrected chi connectivity index (χ0v) is 16.8. The van der Waals surface area contributed by atoms with Gasteiger partial charge in [-0.15, -0.1) is 0 Å². The Labute approximate surface area is 168 Å². The topological polar surface area (TPSA) is 116 Å². The lowest BCUT2D eigenvalue weighted by Crippen LogP contribution is -2.33. The van der Waals surface area contributed by atoms with Crippen molar-refractivity contribution in [3.63, 3.8) is 0 Å². The van der Waals surface area contributed by atoms with Crippen molar-refractivity contribution in [3.8, 4) is 5.75 Å². The molecule has 3 rings (SSSR count). The molecule has 0 aliphatic carbocycles. The predicted molar refractivity (Wildman–Crippen MR) is 110 cm³/mol. The van der Waals surface area contributed by atoms with E-state index in [1.54, 1.807) is 24.3 Å². The molecule has 0 bridgehead atoms. The van der Waals surface area contributed by atoms with Crippen LogP contribution in [0.25, 0.3) is 0 Å². The number of benzene rings is 2. The number of hydrazone groups is 1. The Balaban J connectivity index is 1.88. The van der Waals surface area contributed by atoms with E-state index < -0.39 is 21.8 Å². The Kier molecular flexibility index (Phi) is 5.69. The summed E-state index contributed by atoms with van der Waals surface area (Å²) < 4.78 is 24.1. The van der Waals surface area contributed by atoms with E-state index in [9.17, 15) is 23.1 Å². The first kappa shape index (κ1) is 20.5. The Morgan fingerprint density at radius 2 is 1.90 bits per heavy atom. The maximum atomic E-state index is 12.7. The molecule has 1 aliphatic rings. The highest BCUT2D eigenvalue weighted by molar-refractivity contribution is 7.91. The van der Waals surface area contributed by atoms with Crippen LogP contribution < -0.4 is 10.3 Å². The number of phenols is 1. The molecule has 0 saturated heterocycles. The van der Waals surface area contributed by atoms with Crippen molar-refractivity contribution < 1.29 is 23.1 Å². The van der Waals surface area contributed by atoms with E-state index in [0.717, 1.165) is 0 Å². The monoisotopic (exact) mass is 415 g/mol. The van der Waals surface area contributed by atoms with Crippen molar-refractivity contribution in [2.24, 2.45) is 5.10 Å². The predicted octanol–water partition coefficient (Wildman–Crippen LogP) is 2.35. The Bertz CT molecular complexity index is 1080. The standard InChI is InChI=1S/C20H21N3O5S/c1-3-29(27,28)15-9-10-19(25)16(11-15)21-20(26)17-12-18(13(2)24)23(22-17)14-7-5-4-6-8-14/h4-11,18,25H,3,12H2,1-2H3,(H,21,26)/t18-/m0/s1. The van der Waals surface area contributed by atoms with Gasteiger partial charge in [0.25, 0.3) is 5.91 Å². The lowest BCUT2D eigenvalue weighted by atomic mass is 10.1. The van der Waals surface area contributed by atoms with Crippen LogP contribution in [0.1, 0.15) is 20.3 Å². The third kappa shape index (κ3) is 4.29. The fourth-order valence-corrected chi connectivity index (χ4v) is 3.86. The van der Waals surface area contributed by atoms with Crippen LogP contribution in [-0.4, -0.2) is 42.7 Å². The number of sulfone groups is 1. The maximum absolute atomic E-state index is 12.7. The summed E-state index contributed by atoms with van der Waals surface area (Å²) in [6, 6.07) is 12.1. The van der Waals surface area contributed by atoms with Crippen molar-refractivity contribution in [2.75, 3.05) is 16.1 Å². The van der Waals surface area contributed by atoms with Gasteiger partial charge in [-0.05, 0) is 37.3 Å². The molecule has 0 saturated carbocycles. The third-order valence-electron chi connectivity index (χ3n) is 4.62. The number of hydrogen-bond donors (Lipinski definition) is 2. The molecule has 29 heavy (non-hydrogen) atoms. The lowest BCUT2D eigenvalue weighted by molar-refractivity contribution is -0.118. The summed E-state index contributed by atoms with van der Waals surface area (Å²) in [6.45, 7) is 2.94. The van der Waals surface area contributed by atoms with Gasteiger partial charge in [-0.1, -0.05) is 25.1 Å². The summed E-state index contributed by atoms with van der Waals surface area (Å²) in [6.07, 6.45) is 0.101. The Morgan fingerprint density at radius 3 is 2.52 bits per heavy atom. The first-order valence-electron chi connectivity index (χ1n) is 9.02. The SMILES string of the molecule is CCS(=O)(=O)c1ccc(O)c(NC(=O)C2=NN(c3ccccc3)[C@H](C(C)=O)C2)c1. The molecule has 9 heteroatoms. The number of hydrogen-bond acceptors (Lipinski definition) is 7. The third-order valence-corrected chi connectivity index (χ3v) is 6.35. The quantitative estimate of drug-likeness (QED) is 0.700. The highest BCUT2D eigenvalue weighted by atomic mass is 32.2. The minimum Gasteiger partial charge on any atom is -0.506 e. The fraction of sp³-hybridized carbons (Fsp3) is 0.250. The van der Waals surface area contributed by atoms with Crippen LogP contribution in [0.4, 0.5) is 11.4 Å². The molecule has 1 amide bonds. The molecule has 0 radical (unpaired) electrons. The largest absolute Gasteiger partial charge is 0.506 e. The molecule has 0 unspecified atom stereocenters. The van der Waals surface area contributed by atoms with Gasteiger partial charge in [0.05, 0.1) is 22.0 Å². The molecule has 2 aromatic carbocycles. The average Bonchev–Trinajstić information content (AvgIpc) is 3.16. The number of ketones is 1. The highest BCUT2D eigenvalue weighted by Gasteiger charge is 2.34. The van der Waals surface area contributed by atoms with E-state index in [-0.39, 0.29) is 40.0 Å². The van der Waals surface area contributed by atoms with Gasteiger partial charge < -0.3 is 10.4 Å². The zero-order chi connectivity index (χ0) is 21.2. The second-order valence-electron chi connectivity index (χ2n) is 6.59. The van der Waals surface area contributed by atoms with Crippen LogP contribution in [0, 0.1) is 0 Å². The number of anilines is 2. The molecule has 2 aromatic rings. The number of carbonyl (C=O) groups excluding carboxylic acids is 2. The number of phenolic OH excluding ortho intramolecular Hbond substituents is 1. The van der Waals surface area contributed by atoms with E-state index in [0.29, 0.717) is 5.69 Å². The van der Waals surface area contributed by atoms with Crippen LogP contribution in [0.2, 0.25) is 0 Å². The van der Waals surface area contributed by atoms with Gasteiger partial charge in [-0.2, -0.15) is 5.10 Å². The zero-order valence-electron chi connectivity index (χ0n) is 16.0. The summed E-state index contributed by atoms with van der Waals surface area (Å²) in [5.41, 5.74) is 0.747. The minimum atomic E-state index is -3.50. The number of Topliss-reactive ketones (excluding diaryl/α,β-unsaturated/α-hetero) is 1. The van der Waals surface area contributed by atoms with Crippen LogP contribution in [-0.2, 0) is 19.4 Å². The average molecular weight is 415 g/mol. The van der Waals surface area contributed by atoms with Gasteiger partial charge in [-0.3, -0.25) is 14.6 Å². The van der Waals surface area contributed by atoms with Crippen molar-refractivity contribution >= 4 is 38.6 Å². The van der Waals surface area contributed by atoms with Crippen LogP contribution in [0.3, 0.4) is 0 Å². The number of amides is 1. The van der Waals surface area contributed by atoms with E-state index in [1.165, 1.54) is 37.1 Å². The summed E-state index contributed by atoms with van der Waals surface area (Å²) in [7, 11) is -3.50. The van der Waals surface area contributed by atoms with Crippen LogP contribution in [0.15, 0.2) is 58.5 Å². The molecule has 8 nitrogen and oxygen atoms in total. The van der Waals surface area contributed by atoms with Gasteiger partial charge in [0.1, 0.15) is 17.5 Å². The van der Waals surface area contributed by atoms with Gasteiger partial charge in [0.2, 0.25) is 0 Å².